The van der Waals surface area contributed by atoms with Crippen molar-refractivity contribution in [1.82, 2.24) is 15.2 Å². The molecule has 0 saturated heterocycles. The molecule has 1 heterocycles. The second-order valence-electron chi connectivity index (χ2n) is 5.42. The summed E-state index contributed by atoms with van der Waals surface area (Å²) >= 11 is 0. The molecule has 5 nitrogen and oxygen atoms in total. The Morgan fingerprint density at radius 3 is 2.58 bits per heavy atom. The van der Waals surface area contributed by atoms with E-state index < -0.39 is 0 Å². The maximum Gasteiger partial charge on any atom is 0.244 e. The van der Waals surface area contributed by atoms with E-state index in [2.05, 4.69) is 32.6 Å². The van der Waals surface area contributed by atoms with Gasteiger partial charge in [-0.15, -0.1) is 5.10 Å². The molecule has 3 rings (SSSR count). The highest BCUT2D eigenvalue weighted by Crippen LogP contribution is 2.14. The maximum absolute atomic E-state index is 13.6. The Labute approximate surface area is 140 Å². The SMILES string of the molecule is CN(Cc1ccccc1)c1cnnc(NCc2ccccc2F)n1. The minimum atomic E-state index is -0.254. The topological polar surface area (TPSA) is 53.9 Å². The van der Waals surface area contributed by atoms with Crippen molar-refractivity contribution in [3.05, 3.63) is 77.7 Å². The van der Waals surface area contributed by atoms with Crippen LogP contribution in [0.3, 0.4) is 0 Å². The van der Waals surface area contributed by atoms with Crippen LogP contribution in [0.5, 0.6) is 0 Å². The summed E-state index contributed by atoms with van der Waals surface area (Å²) in [5.74, 6) is 0.816. The molecule has 1 aromatic heterocycles. The first-order chi connectivity index (χ1) is 11.7. The van der Waals surface area contributed by atoms with Crippen LogP contribution in [0.1, 0.15) is 11.1 Å². The molecule has 0 aliphatic heterocycles. The number of anilines is 2. The molecule has 3 aromatic rings. The standard InChI is InChI=1S/C18H18FN5/c1-24(13-14-7-3-2-4-8-14)17-12-21-23-18(22-17)20-11-15-9-5-6-10-16(15)19/h2-10,12H,11,13H2,1H3,(H,20,22,23). The van der Waals surface area contributed by atoms with Gasteiger partial charge in [0.15, 0.2) is 5.82 Å². The number of nitrogens with one attached hydrogen (secondary N) is 1. The van der Waals surface area contributed by atoms with Gasteiger partial charge in [0, 0.05) is 25.7 Å². The molecule has 0 atom stereocenters. The van der Waals surface area contributed by atoms with Crippen LogP contribution in [0.25, 0.3) is 0 Å². The van der Waals surface area contributed by atoms with Crippen molar-refractivity contribution < 1.29 is 4.39 Å². The predicted molar refractivity (Wildman–Crippen MR) is 92.1 cm³/mol. The van der Waals surface area contributed by atoms with Gasteiger partial charge in [0.2, 0.25) is 5.95 Å². The van der Waals surface area contributed by atoms with E-state index in [-0.39, 0.29) is 5.82 Å². The zero-order chi connectivity index (χ0) is 16.8. The van der Waals surface area contributed by atoms with Crippen molar-refractivity contribution in [2.45, 2.75) is 13.1 Å². The summed E-state index contributed by atoms with van der Waals surface area (Å²) in [4.78, 5) is 6.42. The molecular weight excluding hydrogens is 305 g/mol. The van der Waals surface area contributed by atoms with Gasteiger partial charge in [-0.3, -0.25) is 0 Å². The smallest absolute Gasteiger partial charge is 0.244 e. The molecule has 0 amide bonds. The van der Waals surface area contributed by atoms with Gasteiger partial charge in [-0.1, -0.05) is 48.5 Å². The molecule has 6 heteroatoms. The van der Waals surface area contributed by atoms with Crippen molar-refractivity contribution in [3.8, 4) is 0 Å². The first-order valence-electron chi connectivity index (χ1n) is 7.64. The van der Waals surface area contributed by atoms with Crippen molar-refractivity contribution >= 4 is 11.8 Å². The summed E-state index contributed by atoms with van der Waals surface area (Å²) < 4.78 is 13.6. The highest BCUT2D eigenvalue weighted by atomic mass is 19.1. The third kappa shape index (κ3) is 4.04. The molecule has 0 spiro atoms. The molecule has 1 N–H and O–H groups in total. The predicted octanol–water partition coefficient (Wildman–Crippen LogP) is 3.26. The lowest BCUT2D eigenvalue weighted by Gasteiger charge is -2.18. The maximum atomic E-state index is 13.6. The van der Waals surface area contributed by atoms with E-state index in [1.165, 1.54) is 11.6 Å². The van der Waals surface area contributed by atoms with Crippen LogP contribution >= 0.6 is 0 Å². The molecule has 0 aliphatic carbocycles. The highest BCUT2D eigenvalue weighted by molar-refractivity contribution is 5.40. The summed E-state index contributed by atoms with van der Waals surface area (Å²) in [5, 5.41) is 10.9. The number of halogens is 1. The van der Waals surface area contributed by atoms with Gasteiger partial charge in [0.25, 0.3) is 0 Å². The van der Waals surface area contributed by atoms with Gasteiger partial charge in [-0.25, -0.2) is 4.39 Å². The van der Waals surface area contributed by atoms with Crippen LogP contribution in [-0.2, 0) is 13.1 Å². The lowest BCUT2D eigenvalue weighted by atomic mass is 10.2. The fourth-order valence-corrected chi connectivity index (χ4v) is 2.31. The molecule has 2 aromatic carbocycles. The van der Waals surface area contributed by atoms with E-state index >= 15 is 0 Å². The lowest BCUT2D eigenvalue weighted by molar-refractivity contribution is 0.612. The Balaban J connectivity index is 1.66. The first kappa shape index (κ1) is 15.9. The van der Waals surface area contributed by atoms with Crippen LogP contribution in [0, 0.1) is 5.82 Å². The minimum absolute atomic E-state index is 0.254. The number of aromatic nitrogens is 3. The Morgan fingerprint density at radius 2 is 1.79 bits per heavy atom. The monoisotopic (exact) mass is 323 g/mol. The van der Waals surface area contributed by atoms with Crippen molar-refractivity contribution in [1.29, 1.82) is 0 Å². The molecule has 24 heavy (non-hydrogen) atoms. The molecule has 0 fully saturated rings. The van der Waals surface area contributed by atoms with Crippen LogP contribution in [0.4, 0.5) is 16.2 Å². The fourth-order valence-electron chi connectivity index (χ4n) is 2.31. The van der Waals surface area contributed by atoms with Gasteiger partial charge >= 0.3 is 0 Å². The van der Waals surface area contributed by atoms with Gasteiger partial charge in [0.05, 0.1) is 6.20 Å². The van der Waals surface area contributed by atoms with Gasteiger partial charge in [-0.2, -0.15) is 10.1 Å². The third-order valence-electron chi connectivity index (χ3n) is 3.59. The summed E-state index contributed by atoms with van der Waals surface area (Å²) in [6.45, 7) is 1.02. The molecule has 0 saturated carbocycles. The van der Waals surface area contributed by atoms with Crippen LogP contribution < -0.4 is 10.2 Å². The Morgan fingerprint density at radius 1 is 1.04 bits per heavy atom. The third-order valence-corrected chi connectivity index (χ3v) is 3.59. The van der Waals surface area contributed by atoms with Crippen molar-refractivity contribution in [2.75, 3.05) is 17.3 Å². The van der Waals surface area contributed by atoms with Crippen LogP contribution in [-0.4, -0.2) is 22.2 Å². The fraction of sp³-hybridized carbons (Fsp3) is 0.167. The molecule has 0 aliphatic rings. The second-order valence-corrected chi connectivity index (χ2v) is 5.42. The lowest BCUT2D eigenvalue weighted by Crippen LogP contribution is -2.19. The summed E-state index contributed by atoms with van der Waals surface area (Å²) in [7, 11) is 1.94. The van der Waals surface area contributed by atoms with E-state index in [9.17, 15) is 4.39 Å². The van der Waals surface area contributed by atoms with Gasteiger partial charge in [-0.05, 0) is 11.6 Å². The van der Waals surface area contributed by atoms with Crippen LogP contribution in [0.2, 0.25) is 0 Å². The summed E-state index contributed by atoms with van der Waals surface area (Å²) in [6, 6.07) is 16.7. The number of nitrogens with zero attached hydrogens (tertiary/aromatic N) is 4. The van der Waals surface area contributed by atoms with Crippen molar-refractivity contribution in [2.24, 2.45) is 0 Å². The quantitative estimate of drug-likeness (QED) is 0.754. The van der Waals surface area contributed by atoms with E-state index in [4.69, 9.17) is 0 Å². The zero-order valence-corrected chi connectivity index (χ0v) is 13.4. The Bertz CT molecular complexity index is 794. The summed E-state index contributed by atoms with van der Waals surface area (Å²) in [6.07, 6.45) is 1.61. The van der Waals surface area contributed by atoms with Gasteiger partial charge < -0.3 is 10.2 Å². The largest absolute Gasteiger partial charge is 0.354 e. The summed E-state index contributed by atoms with van der Waals surface area (Å²) in [5.41, 5.74) is 1.74. The molecular formula is C18H18FN5. The average Bonchev–Trinajstić information content (AvgIpc) is 2.62. The van der Waals surface area contributed by atoms with E-state index in [1.54, 1.807) is 24.4 Å². The molecule has 0 unspecified atom stereocenters. The molecule has 0 radical (unpaired) electrons. The normalized spacial score (nSPS) is 10.4. The average molecular weight is 323 g/mol. The number of hydrogen-bond acceptors (Lipinski definition) is 5. The number of benzene rings is 2. The van der Waals surface area contributed by atoms with E-state index in [0.717, 1.165) is 0 Å². The highest BCUT2D eigenvalue weighted by Gasteiger charge is 2.07. The molecule has 0 bridgehead atoms. The van der Waals surface area contributed by atoms with E-state index in [0.29, 0.717) is 30.4 Å². The zero-order valence-electron chi connectivity index (χ0n) is 13.4. The molecule has 122 valence electrons. The van der Waals surface area contributed by atoms with E-state index in [1.807, 2.05) is 30.1 Å². The Hall–Kier alpha value is -3.02. The minimum Gasteiger partial charge on any atom is -0.354 e. The first-order valence-corrected chi connectivity index (χ1v) is 7.64. The Kier molecular flexibility index (Phi) is 4.96. The van der Waals surface area contributed by atoms with Crippen LogP contribution in [0.15, 0.2) is 60.8 Å². The second kappa shape index (κ2) is 7.50. The number of hydrogen-bond donors (Lipinski definition) is 1. The number of rotatable bonds is 6. The van der Waals surface area contributed by atoms with Gasteiger partial charge in [0.1, 0.15) is 5.82 Å². The van der Waals surface area contributed by atoms with Crippen molar-refractivity contribution in [3.63, 3.8) is 0 Å².